The molecule has 0 spiro atoms. The molecule has 0 nitrogen and oxygen atoms in total. The molecule has 0 aliphatic heterocycles. The first kappa shape index (κ1) is 12.7. The Hall–Kier alpha value is 1.09. The quantitative estimate of drug-likeness (QED) is 0.577. The Labute approximate surface area is 79.8 Å². The van der Waals surface area contributed by atoms with Crippen molar-refractivity contribution in [3.63, 3.8) is 0 Å². The third-order valence-electron chi connectivity index (χ3n) is 1.72. The van der Waals surface area contributed by atoms with Crippen LogP contribution in [0, 0.1) is 0 Å². The zero-order chi connectivity index (χ0) is 6.57. The summed E-state index contributed by atoms with van der Waals surface area (Å²) in [5, 5.41) is 0. The number of hydrogen-bond donors (Lipinski definition) is 0. The van der Waals surface area contributed by atoms with Crippen LogP contribution in [0.2, 0.25) is 17.6 Å². The van der Waals surface area contributed by atoms with Gasteiger partial charge in [-0.3, -0.25) is 0 Å². The monoisotopic (exact) mass is 174 g/mol. The molecule has 2 heteroatoms. The molecule has 52 valence electrons. The molecule has 0 aromatic rings. The van der Waals surface area contributed by atoms with Crippen molar-refractivity contribution in [3.8, 4) is 0 Å². The average molecular weight is 174 g/mol. The number of rotatable bonds is 3. The third kappa shape index (κ3) is 5.53. The Morgan fingerprint density at radius 3 is 1.44 bits per heavy atom. The van der Waals surface area contributed by atoms with E-state index in [0.717, 1.165) is 5.54 Å². The van der Waals surface area contributed by atoms with Crippen molar-refractivity contribution in [2.75, 3.05) is 0 Å². The molecule has 9 heavy (non-hydrogen) atoms. The van der Waals surface area contributed by atoms with Crippen LogP contribution in [0.5, 0.6) is 0 Å². The maximum atomic E-state index is 2.35. The predicted molar refractivity (Wildman–Crippen MR) is 41.8 cm³/mol. The van der Waals surface area contributed by atoms with Crippen LogP contribution in [0.1, 0.15) is 27.7 Å². The van der Waals surface area contributed by atoms with Crippen molar-refractivity contribution in [2.24, 2.45) is 0 Å². The fourth-order valence-electron chi connectivity index (χ4n) is 1.07. The van der Waals surface area contributed by atoms with Gasteiger partial charge in [0, 0.05) is 25.8 Å². The molecule has 0 amide bonds. The van der Waals surface area contributed by atoms with Crippen LogP contribution in [0.25, 0.3) is 0 Å². The normalized spacial score (nSPS) is 10.0. The van der Waals surface area contributed by atoms with E-state index in [1.807, 2.05) is 0 Å². The topological polar surface area (TPSA) is 0 Å². The van der Waals surface area contributed by atoms with Crippen LogP contribution in [0.4, 0.5) is 0 Å². The van der Waals surface area contributed by atoms with Gasteiger partial charge in [-0.1, -0.05) is 45.3 Å². The zero-order valence-electron chi connectivity index (χ0n) is 7.07. The molecule has 0 aromatic heterocycles. The van der Waals surface area contributed by atoms with Crippen molar-refractivity contribution in [1.82, 2.24) is 0 Å². The summed E-state index contributed by atoms with van der Waals surface area (Å²) in [4.78, 5) is 0. The van der Waals surface area contributed by atoms with Crippen LogP contribution in [0.15, 0.2) is 0 Å². The van der Waals surface area contributed by atoms with E-state index in [-0.39, 0.29) is 34.6 Å². The van der Waals surface area contributed by atoms with Crippen LogP contribution in [-0.2, 0) is 25.8 Å². The molecule has 0 aliphatic rings. The zero-order valence-corrected chi connectivity index (χ0v) is 9.87. The van der Waals surface area contributed by atoms with Crippen molar-refractivity contribution in [3.05, 3.63) is 0 Å². The molecular formula is C7H17ScSi. The molecule has 0 saturated carbocycles. The molecule has 0 bridgehead atoms. The average Bonchev–Trinajstić information content (AvgIpc) is 1.69. The summed E-state index contributed by atoms with van der Waals surface area (Å²) in [6.07, 6.45) is 0. The van der Waals surface area contributed by atoms with Gasteiger partial charge in [-0.25, -0.2) is 0 Å². The van der Waals surface area contributed by atoms with E-state index in [4.69, 9.17) is 0 Å². The first-order chi connectivity index (χ1) is 3.72. The minimum Gasteiger partial charge on any atom is -0.0680 e. The van der Waals surface area contributed by atoms with E-state index < -0.39 is 0 Å². The van der Waals surface area contributed by atoms with E-state index in [9.17, 15) is 0 Å². The first-order valence-electron chi connectivity index (χ1n) is 3.56. The van der Waals surface area contributed by atoms with Crippen molar-refractivity contribution < 1.29 is 25.8 Å². The van der Waals surface area contributed by atoms with E-state index >= 15 is 0 Å². The van der Waals surface area contributed by atoms with Gasteiger partial charge in [0.1, 0.15) is 0 Å². The second-order valence-corrected chi connectivity index (χ2v) is 6.41. The fourth-order valence-corrected chi connectivity index (χ4v) is 3.20. The van der Waals surface area contributed by atoms with Gasteiger partial charge in [-0.05, 0) is 0 Å². The molecule has 0 rings (SSSR count). The Balaban J connectivity index is 0. The van der Waals surface area contributed by atoms with Gasteiger partial charge in [0.2, 0.25) is 0 Å². The Bertz CT molecular complexity index is 50.9. The molecule has 0 saturated heterocycles. The van der Waals surface area contributed by atoms with E-state index in [2.05, 4.69) is 27.7 Å². The molecule has 0 fully saturated rings. The van der Waals surface area contributed by atoms with Gasteiger partial charge < -0.3 is 0 Å². The van der Waals surface area contributed by atoms with Gasteiger partial charge in [0.15, 0.2) is 0 Å². The Morgan fingerprint density at radius 2 is 1.44 bits per heavy atom. The minimum atomic E-state index is 0. The van der Waals surface area contributed by atoms with Crippen molar-refractivity contribution >= 4 is 8.80 Å². The summed E-state index contributed by atoms with van der Waals surface area (Å²) in [5.74, 6) is 0. The van der Waals surface area contributed by atoms with E-state index in [1.54, 1.807) is 0 Å². The summed E-state index contributed by atoms with van der Waals surface area (Å²) in [5.41, 5.74) is 0.981. The first-order valence-corrected chi connectivity index (χ1v) is 5.56. The van der Waals surface area contributed by atoms with Gasteiger partial charge in [0.05, 0.1) is 8.80 Å². The molecule has 0 aliphatic carbocycles. The predicted octanol–water partition coefficient (Wildman–Crippen LogP) is 2.93. The fraction of sp³-hybridized carbons (Fsp3) is 1.00. The van der Waals surface area contributed by atoms with E-state index in [1.165, 1.54) is 12.1 Å². The maximum absolute atomic E-state index is 2.35. The summed E-state index contributed by atoms with van der Waals surface area (Å²) in [7, 11) is 0.0597. The third-order valence-corrected chi connectivity index (χ3v) is 5.17. The molecule has 2 radical (unpaired) electrons. The summed E-state index contributed by atoms with van der Waals surface area (Å²) >= 11 is 0. The largest absolute Gasteiger partial charge is 0.0680 e. The smallest absolute Gasteiger partial charge is 0.0501 e. The van der Waals surface area contributed by atoms with Crippen molar-refractivity contribution in [1.29, 1.82) is 0 Å². The van der Waals surface area contributed by atoms with Gasteiger partial charge in [-0.2, -0.15) is 0 Å². The van der Waals surface area contributed by atoms with Crippen LogP contribution >= 0.6 is 0 Å². The van der Waals surface area contributed by atoms with Gasteiger partial charge >= 0.3 is 0 Å². The Morgan fingerprint density at radius 1 is 1.11 bits per heavy atom. The second kappa shape index (κ2) is 7.20. The maximum Gasteiger partial charge on any atom is 0.0501 e. The standard InChI is InChI=1S/C7H17Si.Sc/c1-5-8(6-2)7(3)4;/h7H,5-6H2,1-4H3;. The summed E-state index contributed by atoms with van der Waals surface area (Å²) in [6, 6.07) is 2.89. The van der Waals surface area contributed by atoms with Gasteiger partial charge in [-0.15, -0.1) is 0 Å². The molecule has 0 aromatic carbocycles. The van der Waals surface area contributed by atoms with Gasteiger partial charge in [0.25, 0.3) is 0 Å². The molecule has 0 unspecified atom stereocenters. The summed E-state index contributed by atoms with van der Waals surface area (Å²) < 4.78 is 0. The number of hydrogen-bond acceptors (Lipinski definition) is 0. The SMILES string of the molecule is CC[Si](CC)C(C)C.[Sc]. The second-order valence-electron chi connectivity index (χ2n) is 2.52. The van der Waals surface area contributed by atoms with Crippen LogP contribution < -0.4 is 0 Å². The molecular weight excluding hydrogens is 157 g/mol. The molecule has 0 atom stereocenters. The van der Waals surface area contributed by atoms with Crippen LogP contribution in [-0.4, -0.2) is 8.80 Å². The summed E-state index contributed by atoms with van der Waals surface area (Å²) in [6.45, 7) is 9.33. The minimum absolute atomic E-state index is 0. The van der Waals surface area contributed by atoms with Crippen LogP contribution in [0.3, 0.4) is 0 Å². The Kier molecular flexibility index (Phi) is 10.2. The molecule has 0 heterocycles. The molecule has 0 N–H and O–H groups in total. The van der Waals surface area contributed by atoms with E-state index in [0.29, 0.717) is 0 Å². The van der Waals surface area contributed by atoms with Crippen molar-refractivity contribution in [2.45, 2.75) is 45.3 Å².